The van der Waals surface area contributed by atoms with Gasteiger partial charge in [-0.3, -0.25) is 0 Å². The zero-order valence-corrected chi connectivity index (χ0v) is 11.3. The summed E-state index contributed by atoms with van der Waals surface area (Å²) in [6, 6.07) is 3.60. The van der Waals surface area contributed by atoms with Gasteiger partial charge >= 0.3 is 6.18 Å². The molecule has 0 aliphatic heterocycles. The summed E-state index contributed by atoms with van der Waals surface area (Å²) in [7, 11) is 0. The number of alkyl halides is 3. The molecular weight excluding hydrogens is 275 g/mol. The Labute approximate surface area is 113 Å². The molecule has 0 bridgehead atoms. The Kier molecular flexibility index (Phi) is 3.58. The fourth-order valence-corrected chi connectivity index (χ4v) is 2.13. The van der Waals surface area contributed by atoms with E-state index in [4.69, 9.17) is 0 Å². The van der Waals surface area contributed by atoms with Gasteiger partial charge in [0.25, 0.3) is 5.82 Å². The predicted molar refractivity (Wildman–Crippen MR) is 67.7 cm³/mol. The van der Waals surface area contributed by atoms with Crippen LogP contribution in [0.3, 0.4) is 0 Å². The van der Waals surface area contributed by atoms with E-state index in [0.717, 1.165) is 33.5 Å². The van der Waals surface area contributed by atoms with E-state index in [1.54, 1.807) is 6.07 Å². The average molecular weight is 287 g/mol. The number of aromatic nitrogens is 3. The van der Waals surface area contributed by atoms with Gasteiger partial charge in [0.1, 0.15) is 6.33 Å². The van der Waals surface area contributed by atoms with Crippen molar-refractivity contribution in [3.63, 3.8) is 0 Å². The lowest BCUT2D eigenvalue weighted by atomic mass is 10.1. The number of rotatable bonds is 2. The van der Waals surface area contributed by atoms with Crippen molar-refractivity contribution in [3.8, 4) is 5.69 Å². The molecule has 0 N–H and O–H groups in total. The van der Waals surface area contributed by atoms with Crippen molar-refractivity contribution >= 4 is 12.6 Å². The number of aryl methyl sites for hydroxylation is 2. The zero-order chi connectivity index (χ0) is 14.2. The number of hydrogen-bond acceptors (Lipinski definition) is 3. The number of nitrogens with zero attached hydrogens (tertiary/aromatic N) is 3. The third-order valence-corrected chi connectivity index (χ3v) is 3.19. The molecule has 0 unspecified atom stereocenters. The van der Waals surface area contributed by atoms with Crippen LogP contribution >= 0.6 is 12.6 Å². The zero-order valence-electron chi connectivity index (χ0n) is 10.4. The molecule has 19 heavy (non-hydrogen) atoms. The maximum absolute atomic E-state index is 12.5. The van der Waals surface area contributed by atoms with Gasteiger partial charge < -0.3 is 0 Å². The lowest BCUT2D eigenvalue weighted by Gasteiger charge is -2.10. The molecule has 0 fully saturated rings. The lowest BCUT2D eigenvalue weighted by molar-refractivity contribution is -0.144. The molecule has 0 amide bonds. The van der Waals surface area contributed by atoms with E-state index in [1.807, 2.05) is 19.9 Å². The summed E-state index contributed by atoms with van der Waals surface area (Å²) in [4.78, 5) is 4.01. The highest BCUT2D eigenvalue weighted by Crippen LogP contribution is 2.27. The van der Waals surface area contributed by atoms with Gasteiger partial charge in [-0.15, -0.1) is 17.7 Å². The summed E-state index contributed by atoms with van der Waals surface area (Å²) >= 11 is 4.33. The fourth-order valence-electron chi connectivity index (χ4n) is 1.78. The van der Waals surface area contributed by atoms with Crippen LogP contribution in [-0.4, -0.2) is 14.8 Å². The molecule has 0 saturated heterocycles. The Morgan fingerprint density at radius 3 is 2.53 bits per heavy atom. The smallest absolute Gasteiger partial charge is 0.220 e. The molecule has 7 heteroatoms. The molecule has 0 spiro atoms. The minimum atomic E-state index is -4.54. The van der Waals surface area contributed by atoms with Gasteiger partial charge in [0, 0.05) is 4.90 Å². The van der Waals surface area contributed by atoms with Crippen molar-refractivity contribution in [3.05, 3.63) is 35.4 Å². The van der Waals surface area contributed by atoms with Crippen molar-refractivity contribution in [1.82, 2.24) is 14.8 Å². The minimum Gasteiger partial charge on any atom is -0.220 e. The molecule has 1 aromatic carbocycles. The number of thiol groups is 1. The van der Waals surface area contributed by atoms with Crippen molar-refractivity contribution in [2.75, 3.05) is 0 Å². The third-order valence-electron chi connectivity index (χ3n) is 2.77. The molecule has 0 aliphatic carbocycles. The summed E-state index contributed by atoms with van der Waals surface area (Å²) in [5, 5.41) is 3.46. The number of halogens is 3. The first-order valence-corrected chi connectivity index (χ1v) is 6.09. The highest BCUT2D eigenvalue weighted by atomic mass is 32.1. The maximum Gasteiger partial charge on any atom is 0.453 e. The molecule has 2 aromatic rings. The third kappa shape index (κ3) is 2.75. The van der Waals surface area contributed by atoms with E-state index in [2.05, 4.69) is 22.7 Å². The molecule has 0 saturated carbocycles. The van der Waals surface area contributed by atoms with Gasteiger partial charge in [0.05, 0.1) is 5.69 Å². The summed E-state index contributed by atoms with van der Waals surface area (Å²) < 4.78 is 38.5. The largest absolute Gasteiger partial charge is 0.453 e. The normalized spacial score (nSPS) is 11.9. The highest BCUT2D eigenvalue weighted by molar-refractivity contribution is 7.80. The van der Waals surface area contributed by atoms with Crippen LogP contribution in [0, 0.1) is 6.92 Å². The molecule has 0 radical (unpaired) electrons. The fraction of sp³-hybridized carbons (Fsp3) is 0.333. The summed E-state index contributed by atoms with van der Waals surface area (Å²) in [6.45, 7) is 3.81. The predicted octanol–water partition coefficient (Wildman–Crippen LogP) is 3.45. The van der Waals surface area contributed by atoms with Gasteiger partial charge in [0.2, 0.25) is 0 Å². The molecule has 2 rings (SSSR count). The first kappa shape index (κ1) is 13.9. The Balaban J connectivity index is 2.48. The number of benzene rings is 1. The summed E-state index contributed by atoms with van der Waals surface area (Å²) in [5.41, 5.74) is 2.42. The van der Waals surface area contributed by atoms with Crippen LogP contribution in [-0.2, 0) is 12.6 Å². The van der Waals surface area contributed by atoms with Crippen LogP contribution in [0.25, 0.3) is 5.69 Å². The van der Waals surface area contributed by atoms with Gasteiger partial charge in [-0.1, -0.05) is 13.0 Å². The van der Waals surface area contributed by atoms with E-state index < -0.39 is 12.0 Å². The van der Waals surface area contributed by atoms with Gasteiger partial charge in [-0.25, -0.2) is 9.67 Å². The first-order chi connectivity index (χ1) is 8.82. The average Bonchev–Trinajstić information content (AvgIpc) is 2.80. The van der Waals surface area contributed by atoms with E-state index in [9.17, 15) is 13.2 Å². The van der Waals surface area contributed by atoms with Crippen LogP contribution in [0.5, 0.6) is 0 Å². The molecule has 1 heterocycles. The second-order valence-electron chi connectivity index (χ2n) is 4.13. The SMILES string of the molecule is CCc1cc(C)c(-n2cnc(C(F)(F)F)n2)cc1S. The van der Waals surface area contributed by atoms with Crippen molar-refractivity contribution in [2.45, 2.75) is 31.3 Å². The van der Waals surface area contributed by atoms with E-state index >= 15 is 0 Å². The van der Waals surface area contributed by atoms with Crippen LogP contribution in [0.4, 0.5) is 13.2 Å². The Morgan fingerprint density at radius 2 is 2.00 bits per heavy atom. The monoisotopic (exact) mass is 287 g/mol. The quantitative estimate of drug-likeness (QED) is 0.858. The second kappa shape index (κ2) is 4.88. The molecule has 0 aliphatic rings. The Hall–Kier alpha value is -1.50. The summed E-state index contributed by atoms with van der Waals surface area (Å²) in [5.74, 6) is -1.15. The topological polar surface area (TPSA) is 30.7 Å². The molecule has 1 aromatic heterocycles. The van der Waals surface area contributed by atoms with Crippen LogP contribution in [0.15, 0.2) is 23.4 Å². The van der Waals surface area contributed by atoms with Crippen molar-refractivity contribution in [2.24, 2.45) is 0 Å². The van der Waals surface area contributed by atoms with Crippen LogP contribution in [0.2, 0.25) is 0 Å². The maximum atomic E-state index is 12.5. The highest BCUT2D eigenvalue weighted by Gasteiger charge is 2.35. The standard InChI is InChI=1S/C12H12F3N3S/c1-3-8-4-7(2)9(5-10(8)19)18-6-16-11(17-18)12(13,14)15/h4-6,19H,3H2,1-2H3. The van der Waals surface area contributed by atoms with Gasteiger partial charge in [-0.2, -0.15) is 13.2 Å². The summed E-state index contributed by atoms with van der Waals surface area (Å²) in [6.07, 6.45) is -2.67. The van der Waals surface area contributed by atoms with Crippen molar-refractivity contribution < 1.29 is 13.2 Å². The molecule has 3 nitrogen and oxygen atoms in total. The molecule has 0 atom stereocenters. The lowest BCUT2D eigenvalue weighted by Crippen LogP contribution is -2.09. The van der Waals surface area contributed by atoms with E-state index in [0.29, 0.717) is 5.69 Å². The van der Waals surface area contributed by atoms with Crippen molar-refractivity contribution in [1.29, 1.82) is 0 Å². The Morgan fingerprint density at radius 1 is 1.32 bits per heavy atom. The Bertz CT molecular complexity index is 605. The minimum absolute atomic E-state index is 0.546. The first-order valence-electron chi connectivity index (χ1n) is 5.64. The van der Waals surface area contributed by atoms with Gasteiger partial charge in [0.15, 0.2) is 0 Å². The second-order valence-corrected chi connectivity index (χ2v) is 4.61. The van der Waals surface area contributed by atoms with E-state index in [1.165, 1.54) is 0 Å². The van der Waals surface area contributed by atoms with E-state index in [-0.39, 0.29) is 0 Å². The number of hydrogen-bond donors (Lipinski definition) is 1. The van der Waals surface area contributed by atoms with Crippen LogP contribution in [0.1, 0.15) is 23.9 Å². The molecule has 102 valence electrons. The van der Waals surface area contributed by atoms with Gasteiger partial charge in [-0.05, 0) is 30.5 Å². The van der Waals surface area contributed by atoms with Crippen LogP contribution < -0.4 is 0 Å². The molecular formula is C12H12F3N3S.